The van der Waals surface area contributed by atoms with E-state index in [1.54, 1.807) is 66.8 Å². The normalized spacial score (nSPS) is 15.0. The van der Waals surface area contributed by atoms with E-state index in [0.717, 1.165) is 21.6 Å². The van der Waals surface area contributed by atoms with Gasteiger partial charge in [0.25, 0.3) is 5.56 Å². The van der Waals surface area contributed by atoms with E-state index >= 15 is 0 Å². The number of aryl methyl sites for hydroxylation is 1. The molecule has 39 heavy (non-hydrogen) atoms. The molecule has 0 aliphatic carbocycles. The number of nitrogens with zero attached hydrogens (tertiary/aromatic N) is 3. The predicted octanol–water partition coefficient (Wildman–Crippen LogP) is 3.93. The Hall–Kier alpha value is -4.51. The number of anilines is 2. The summed E-state index contributed by atoms with van der Waals surface area (Å²) in [4.78, 5) is 54.0. The molecule has 1 saturated heterocycles. The predicted molar refractivity (Wildman–Crippen MR) is 148 cm³/mol. The highest BCUT2D eigenvalue weighted by atomic mass is 32.1. The van der Waals surface area contributed by atoms with Crippen LogP contribution in [0.4, 0.5) is 10.7 Å². The number of amides is 2. The summed E-state index contributed by atoms with van der Waals surface area (Å²) in [6, 6.07) is 14.2. The molecule has 3 heterocycles. The fraction of sp³-hybridized carbons (Fsp3) is 0.250. The molecule has 4 aromatic rings. The standard InChI is InChI=1S/C28H26N4O6S/c1-4-38-28(36)24-21-15-39-26(23(21)27(35)32(30-24)19-7-5-6-16(2)12-19)29-25(34)17-13-22(33)31(14-17)18-8-10-20(37-3)11-9-18/h5-12,15,17H,4,13-14H2,1-3H3,(H,29,34). The lowest BCUT2D eigenvalue weighted by molar-refractivity contribution is -0.122. The molecule has 11 heteroatoms. The molecule has 1 aliphatic heterocycles. The van der Waals surface area contributed by atoms with Crippen molar-refractivity contribution in [3.05, 3.63) is 75.5 Å². The van der Waals surface area contributed by atoms with E-state index < -0.39 is 17.4 Å². The summed E-state index contributed by atoms with van der Waals surface area (Å²) in [5.41, 5.74) is 1.55. The lowest BCUT2D eigenvalue weighted by Gasteiger charge is -2.17. The third-order valence-electron chi connectivity index (χ3n) is 6.48. The highest BCUT2D eigenvalue weighted by molar-refractivity contribution is 7.16. The molecule has 0 spiro atoms. The van der Waals surface area contributed by atoms with Gasteiger partial charge in [-0.1, -0.05) is 12.1 Å². The average molecular weight is 547 g/mol. The van der Waals surface area contributed by atoms with Crippen molar-refractivity contribution in [3.8, 4) is 11.4 Å². The van der Waals surface area contributed by atoms with Crippen molar-refractivity contribution < 1.29 is 23.9 Å². The van der Waals surface area contributed by atoms with Gasteiger partial charge in [-0.2, -0.15) is 9.78 Å². The van der Waals surface area contributed by atoms with Crippen molar-refractivity contribution in [1.29, 1.82) is 0 Å². The van der Waals surface area contributed by atoms with Crippen LogP contribution in [-0.4, -0.2) is 47.8 Å². The van der Waals surface area contributed by atoms with Crippen molar-refractivity contribution >= 4 is 50.6 Å². The Morgan fingerprint density at radius 2 is 1.90 bits per heavy atom. The summed E-state index contributed by atoms with van der Waals surface area (Å²) in [7, 11) is 1.56. The smallest absolute Gasteiger partial charge is 0.359 e. The number of esters is 1. The lowest BCUT2D eigenvalue weighted by Crippen LogP contribution is -2.29. The second-order valence-electron chi connectivity index (χ2n) is 9.07. The Morgan fingerprint density at radius 1 is 1.13 bits per heavy atom. The Morgan fingerprint density at radius 3 is 2.59 bits per heavy atom. The van der Waals surface area contributed by atoms with Gasteiger partial charge in [0.2, 0.25) is 11.8 Å². The molecule has 2 aromatic carbocycles. The molecular formula is C28H26N4O6S. The molecule has 2 amide bonds. The van der Waals surface area contributed by atoms with Gasteiger partial charge in [0.1, 0.15) is 10.8 Å². The van der Waals surface area contributed by atoms with E-state index in [1.807, 2.05) is 13.0 Å². The quantitative estimate of drug-likeness (QED) is 0.349. The fourth-order valence-corrected chi connectivity index (χ4v) is 5.48. The lowest BCUT2D eigenvalue weighted by atomic mass is 10.1. The minimum absolute atomic E-state index is 0.0218. The number of ether oxygens (including phenoxy) is 2. The van der Waals surface area contributed by atoms with Crippen LogP contribution in [0.15, 0.2) is 58.7 Å². The second-order valence-corrected chi connectivity index (χ2v) is 9.95. The molecule has 2 aromatic heterocycles. The monoisotopic (exact) mass is 546 g/mol. The summed E-state index contributed by atoms with van der Waals surface area (Å²) in [5.74, 6) is -1.19. The topological polar surface area (TPSA) is 120 Å². The number of thiophene rings is 1. The zero-order valence-electron chi connectivity index (χ0n) is 21.6. The van der Waals surface area contributed by atoms with Crippen LogP contribution in [-0.2, 0) is 14.3 Å². The minimum atomic E-state index is -0.670. The molecule has 1 N–H and O–H groups in total. The van der Waals surface area contributed by atoms with Crippen LogP contribution < -0.4 is 20.5 Å². The van der Waals surface area contributed by atoms with Gasteiger partial charge >= 0.3 is 5.97 Å². The molecule has 5 rings (SSSR count). The summed E-state index contributed by atoms with van der Waals surface area (Å²) < 4.78 is 11.5. The number of aromatic nitrogens is 2. The van der Waals surface area contributed by atoms with Gasteiger partial charge in [0.15, 0.2) is 5.69 Å². The number of hydrogen-bond donors (Lipinski definition) is 1. The molecule has 1 unspecified atom stereocenters. The van der Waals surface area contributed by atoms with E-state index in [9.17, 15) is 19.2 Å². The third-order valence-corrected chi connectivity index (χ3v) is 7.38. The largest absolute Gasteiger partial charge is 0.497 e. The number of benzene rings is 2. The van der Waals surface area contributed by atoms with Crippen molar-refractivity contribution in [1.82, 2.24) is 9.78 Å². The van der Waals surface area contributed by atoms with Crippen LogP contribution in [0, 0.1) is 12.8 Å². The van der Waals surface area contributed by atoms with E-state index in [0.29, 0.717) is 22.5 Å². The first-order chi connectivity index (χ1) is 18.8. The average Bonchev–Trinajstić information content (AvgIpc) is 3.53. The Labute approximate surface area is 227 Å². The summed E-state index contributed by atoms with van der Waals surface area (Å²) >= 11 is 1.12. The highest BCUT2D eigenvalue weighted by Gasteiger charge is 2.36. The van der Waals surface area contributed by atoms with Crippen LogP contribution in [0.2, 0.25) is 0 Å². The third kappa shape index (κ3) is 5.00. The number of fused-ring (bicyclic) bond motifs is 1. The second kappa shape index (κ2) is 10.7. The number of nitrogens with one attached hydrogen (secondary N) is 1. The summed E-state index contributed by atoms with van der Waals surface area (Å²) in [6.07, 6.45) is 0.0321. The Bertz CT molecular complexity index is 1640. The fourth-order valence-electron chi connectivity index (χ4n) is 4.54. The van der Waals surface area contributed by atoms with Gasteiger partial charge in [-0.15, -0.1) is 11.3 Å². The minimum Gasteiger partial charge on any atom is -0.497 e. The Balaban J connectivity index is 1.48. The number of hydrogen-bond acceptors (Lipinski definition) is 8. The maximum atomic E-state index is 13.6. The molecule has 1 aliphatic rings. The maximum absolute atomic E-state index is 13.6. The number of carbonyl (C=O) groups excluding carboxylic acids is 3. The summed E-state index contributed by atoms with van der Waals surface area (Å²) in [5, 5.41) is 9.51. The van der Waals surface area contributed by atoms with Crippen LogP contribution in [0.1, 0.15) is 29.4 Å². The van der Waals surface area contributed by atoms with Gasteiger partial charge < -0.3 is 19.7 Å². The molecular weight excluding hydrogens is 520 g/mol. The van der Waals surface area contributed by atoms with E-state index in [1.165, 1.54) is 0 Å². The highest BCUT2D eigenvalue weighted by Crippen LogP contribution is 2.33. The Kier molecular flexibility index (Phi) is 7.16. The molecule has 1 atom stereocenters. The van der Waals surface area contributed by atoms with Gasteiger partial charge in [-0.05, 0) is 55.8 Å². The van der Waals surface area contributed by atoms with Crippen molar-refractivity contribution in [2.24, 2.45) is 5.92 Å². The van der Waals surface area contributed by atoms with Crippen molar-refractivity contribution in [3.63, 3.8) is 0 Å². The van der Waals surface area contributed by atoms with E-state index in [4.69, 9.17) is 9.47 Å². The molecule has 0 bridgehead atoms. The zero-order chi connectivity index (χ0) is 27.7. The molecule has 1 fully saturated rings. The van der Waals surface area contributed by atoms with E-state index in [2.05, 4.69) is 10.4 Å². The van der Waals surface area contributed by atoms with Crippen LogP contribution in [0.5, 0.6) is 5.75 Å². The van der Waals surface area contributed by atoms with Gasteiger partial charge in [0, 0.05) is 29.4 Å². The summed E-state index contributed by atoms with van der Waals surface area (Å²) in [6.45, 7) is 3.90. The zero-order valence-corrected chi connectivity index (χ0v) is 22.4. The SMILES string of the molecule is CCOC(=O)c1nn(-c2cccc(C)c2)c(=O)c2c(NC(=O)C3CC(=O)N(c4ccc(OC)cc4)C3)scc12. The van der Waals surface area contributed by atoms with Gasteiger partial charge in [-0.25, -0.2) is 4.79 Å². The number of rotatable bonds is 7. The maximum Gasteiger partial charge on any atom is 0.359 e. The van der Waals surface area contributed by atoms with Crippen molar-refractivity contribution in [2.45, 2.75) is 20.3 Å². The van der Waals surface area contributed by atoms with Gasteiger partial charge in [0.05, 0.1) is 30.7 Å². The molecule has 10 nitrogen and oxygen atoms in total. The molecule has 0 radical (unpaired) electrons. The van der Waals surface area contributed by atoms with Crippen LogP contribution in [0.25, 0.3) is 16.5 Å². The number of carbonyl (C=O) groups is 3. The van der Waals surface area contributed by atoms with Crippen LogP contribution in [0.3, 0.4) is 0 Å². The van der Waals surface area contributed by atoms with Gasteiger partial charge in [-0.3, -0.25) is 14.4 Å². The van der Waals surface area contributed by atoms with E-state index in [-0.39, 0.29) is 47.5 Å². The first-order valence-corrected chi connectivity index (χ1v) is 13.2. The first kappa shape index (κ1) is 26.1. The first-order valence-electron chi connectivity index (χ1n) is 12.3. The number of methoxy groups -OCH3 is 1. The van der Waals surface area contributed by atoms with Crippen LogP contribution >= 0.6 is 11.3 Å². The van der Waals surface area contributed by atoms with Crippen molar-refractivity contribution in [2.75, 3.05) is 30.5 Å². The molecule has 0 saturated carbocycles. The molecule has 200 valence electrons.